The molecule has 1 saturated heterocycles. The highest BCUT2D eigenvalue weighted by atomic mass is 19.4. The summed E-state index contributed by atoms with van der Waals surface area (Å²) in [7, 11) is 1.70. The summed E-state index contributed by atoms with van der Waals surface area (Å²) < 4.78 is 39.6. The Morgan fingerprint density at radius 2 is 2.15 bits per heavy atom. The number of nitrogens with zero attached hydrogens (tertiary/aromatic N) is 1. The molecule has 20 heavy (non-hydrogen) atoms. The Morgan fingerprint density at radius 1 is 1.40 bits per heavy atom. The van der Waals surface area contributed by atoms with Gasteiger partial charge in [-0.3, -0.25) is 0 Å². The van der Waals surface area contributed by atoms with Crippen molar-refractivity contribution < 1.29 is 18.3 Å². The number of rotatable bonds is 3. The van der Waals surface area contributed by atoms with E-state index in [-0.39, 0.29) is 12.2 Å². The lowest BCUT2D eigenvalue weighted by atomic mass is 10.0. The molecule has 112 valence electrons. The number of benzene rings is 1. The standard InChI is InChI=1S/C14H19F3N2O/c1-18-8-10-4-5-13(12(7-10)14(15,16)17)19-6-2-3-11(20)9-19/h4-5,7,11,18,20H,2-3,6,8-9H2,1H3. The third kappa shape index (κ3) is 3.43. The summed E-state index contributed by atoms with van der Waals surface area (Å²) in [6.07, 6.45) is -3.59. The molecule has 0 saturated carbocycles. The summed E-state index contributed by atoms with van der Waals surface area (Å²) in [6, 6.07) is 4.39. The molecule has 1 atom stereocenters. The summed E-state index contributed by atoms with van der Waals surface area (Å²) in [5, 5.41) is 12.5. The van der Waals surface area contributed by atoms with Crippen molar-refractivity contribution in [3.05, 3.63) is 29.3 Å². The zero-order valence-corrected chi connectivity index (χ0v) is 11.4. The van der Waals surface area contributed by atoms with E-state index in [0.29, 0.717) is 31.5 Å². The summed E-state index contributed by atoms with van der Waals surface area (Å²) in [5.74, 6) is 0. The molecule has 1 aliphatic rings. The van der Waals surface area contributed by atoms with E-state index in [1.807, 2.05) is 0 Å². The number of alkyl halides is 3. The maximum Gasteiger partial charge on any atom is 0.418 e. The number of piperidine rings is 1. The van der Waals surface area contributed by atoms with E-state index < -0.39 is 17.8 Å². The number of nitrogens with one attached hydrogen (secondary N) is 1. The number of hydrogen-bond donors (Lipinski definition) is 2. The molecule has 6 heteroatoms. The van der Waals surface area contributed by atoms with Crippen LogP contribution in [-0.2, 0) is 12.7 Å². The van der Waals surface area contributed by atoms with Crippen molar-refractivity contribution in [3.8, 4) is 0 Å². The first-order valence-electron chi connectivity index (χ1n) is 6.69. The normalized spacial score (nSPS) is 20.2. The molecule has 1 fully saturated rings. The molecule has 0 spiro atoms. The average Bonchev–Trinajstić information content (AvgIpc) is 2.38. The third-order valence-corrected chi connectivity index (χ3v) is 3.48. The molecule has 3 nitrogen and oxygen atoms in total. The average molecular weight is 288 g/mol. The maximum atomic E-state index is 13.2. The SMILES string of the molecule is CNCc1ccc(N2CCCC(O)C2)c(C(F)(F)F)c1. The van der Waals surface area contributed by atoms with E-state index in [0.717, 1.165) is 0 Å². The van der Waals surface area contributed by atoms with Crippen molar-refractivity contribution in [2.24, 2.45) is 0 Å². The van der Waals surface area contributed by atoms with Crippen LogP contribution in [0.3, 0.4) is 0 Å². The lowest BCUT2D eigenvalue weighted by molar-refractivity contribution is -0.137. The number of β-amino-alcohol motifs (C(OH)–C–C–N with tert-alkyl or cyclic N) is 1. The van der Waals surface area contributed by atoms with E-state index in [9.17, 15) is 18.3 Å². The molecule has 0 bridgehead atoms. The molecule has 1 unspecified atom stereocenters. The van der Waals surface area contributed by atoms with Crippen molar-refractivity contribution in [2.45, 2.75) is 31.7 Å². The predicted molar refractivity (Wildman–Crippen MR) is 71.7 cm³/mol. The second kappa shape index (κ2) is 6.01. The van der Waals surface area contributed by atoms with E-state index in [2.05, 4.69) is 5.32 Å². The molecule has 2 N–H and O–H groups in total. The highest BCUT2D eigenvalue weighted by Gasteiger charge is 2.35. The number of hydrogen-bond acceptors (Lipinski definition) is 3. The molecule has 1 aromatic rings. The van der Waals surface area contributed by atoms with Crippen LogP contribution in [0.4, 0.5) is 18.9 Å². The van der Waals surface area contributed by atoms with Crippen molar-refractivity contribution in [1.82, 2.24) is 5.32 Å². The number of aliphatic hydroxyl groups is 1. The highest BCUT2D eigenvalue weighted by molar-refractivity contribution is 5.57. The molecule has 0 radical (unpaired) electrons. The molecular weight excluding hydrogens is 269 g/mol. The first-order valence-corrected chi connectivity index (χ1v) is 6.69. The summed E-state index contributed by atoms with van der Waals surface area (Å²) in [4.78, 5) is 1.63. The van der Waals surface area contributed by atoms with Crippen LogP contribution in [0, 0.1) is 0 Å². The van der Waals surface area contributed by atoms with Crippen molar-refractivity contribution in [3.63, 3.8) is 0 Å². The third-order valence-electron chi connectivity index (χ3n) is 3.48. The zero-order chi connectivity index (χ0) is 14.8. The van der Waals surface area contributed by atoms with Crippen LogP contribution < -0.4 is 10.2 Å². The monoisotopic (exact) mass is 288 g/mol. The van der Waals surface area contributed by atoms with Gasteiger partial charge in [-0.05, 0) is 37.6 Å². The fourth-order valence-electron chi connectivity index (χ4n) is 2.57. The van der Waals surface area contributed by atoms with Crippen LogP contribution in [0.15, 0.2) is 18.2 Å². The topological polar surface area (TPSA) is 35.5 Å². The lowest BCUT2D eigenvalue weighted by Crippen LogP contribution is -2.39. The number of anilines is 1. The van der Waals surface area contributed by atoms with Crippen LogP contribution in [-0.4, -0.2) is 31.3 Å². The minimum Gasteiger partial charge on any atom is -0.391 e. The van der Waals surface area contributed by atoms with E-state index in [4.69, 9.17) is 0 Å². The van der Waals surface area contributed by atoms with Crippen LogP contribution >= 0.6 is 0 Å². The van der Waals surface area contributed by atoms with Gasteiger partial charge in [0.05, 0.1) is 11.7 Å². The van der Waals surface area contributed by atoms with Gasteiger partial charge in [0.15, 0.2) is 0 Å². The van der Waals surface area contributed by atoms with Gasteiger partial charge >= 0.3 is 6.18 Å². The Labute approximate surface area is 116 Å². The fourth-order valence-corrected chi connectivity index (χ4v) is 2.57. The number of aliphatic hydroxyl groups excluding tert-OH is 1. The highest BCUT2D eigenvalue weighted by Crippen LogP contribution is 2.38. The molecule has 2 rings (SSSR count). The molecule has 1 aromatic carbocycles. The summed E-state index contributed by atoms with van der Waals surface area (Å²) >= 11 is 0. The Balaban J connectivity index is 2.36. The van der Waals surface area contributed by atoms with Crippen LogP contribution in [0.2, 0.25) is 0 Å². The van der Waals surface area contributed by atoms with E-state index in [1.165, 1.54) is 12.1 Å². The van der Waals surface area contributed by atoms with E-state index >= 15 is 0 Å². The first-order chi connectivity index (χ1) is 9.41. The minimum absolute atomic E-state index is 0.163. The Hall–Kier alpha value is -1.27. The van der Waals surface area contributed by atoms with Gasteiger partial charge in [-0.2, -0.15) is 13.2 Å². The molecule has 0 amide bonds. The smallest absolute Gasteiger partial charge is 0.391 e. The fraction of sp³-hybridized carbons (Fsp3) is 0.571. The van der Waals surface area contributed by atoms with E-state index in [1.54, 1.807) is 18.0 Å². The van der Waals surface area contributed by atoms with Gasteiger partial charge in [0.2, 0.25) is 0 Å². The predicted octanol–water partition coefficient (Wildman–Crippen LogP) is 2.39. The second-order valence-corrected chi connectivity index (χ2v) is 5.12. The maximum absolute atomic E-state index is 13.2. The zero-order valence-electron chi connectivity index (χ0n) is 11.4. The summed E-state index contributed by atoms with van der Waals surface area (Å²) in [6.45, 7) is 1.20. The Bertz CT molecular complexity index is 462. The second-order valence-electron chi connectivity index (χ2n) is 5.12. The molecular formula is C14H19F3N2O. The van der Waals surface area contributed by atoms with Gasteiger partial charge in [-0.25, -0.2) is 0 Å². The minimum atomic E-state index is -4.39. The van der Waals surface area contributed by atoms with Crippen molar-refractivity contribution >= 4 is 5.69 Å². The van der Waals surface area contributed by atoms with Crippen LogP contribution in [0.5, 0.6) is 0 Å². The molecule has 0 aliphatic carbocycles. The van der Waals surface area contributed by atoms with Gasteiger partial charge in [0.1, 0.15) is 0 Å². The Kier molecular flexibility index (Phi) is 4.55. The Morgan fingerprint density at radius 3 is 2.75 bits per heavy atom. The lowest BCUT2D eigenvalue weighted by Gasteiger charge is -2.33. The molecule has 1 aliphatic heterocycles. The van der Waals surface area contributed by atoms with Crippen molar-refractivity contribution in [1.29, 1.82) is 0 Å². The molecule has 1 heterocycles. The molecule has 0 aromatic heterocycles. The van der Waals surface area contributed by atoms with Crippen LogP contribution in [0.1, 0.15) is 24.0 Å². The first kappa shape index (κ1) is 15.1. The van der Waals surface area contributed by atoms with Gasteiger partial charge in [-0.1, -0.05) is 6.07 Å². The van der Waals surface area contributed by atoms with Gasteiger partial charge in [0.25, 0.3) is 0 Å². The van der Waals surface area contributed by atoms with Crippen LogP contribution in [0.25, 0.3) is 0 Å². The quantitative estimate of drug-likeness (QED) is 0.896. The van der Waals surface area contributed by atoms with Gasteiger partial charge < -0.3 is 15.3 Å². The largest absolute Gasteiger partial charge is 0.418 e. The van der Waals surface area contributed by atoms with Gasteiger partial charge in [-0.15, -0.1) is 0 Å². The van der Waals surface area contributed by atoms with Crippen molar-refractivity contribution in [2.75, 3.05) is 25.0 Å². The van der Waals surface area contributed by atoms with Gasteiger partial charge in [0, 0.05) is 25.3 Å². The number of halogens is 3. The summed E-state index contributed by atoms with van der Waals surface area (Å²) in [5.41, 5.74) is 0.136.